The molecule has 44 heavy (non-hydrogen) atoms. The summed E-state index contributed by atoms with van der Waals surface area (Å²) < 4.78 is 0. The number of carbonyl (C=O) groups excluding carboxylic acids is 2. The Balaban J connectivity index is 1.27. The molecular formula is C37H47N5O2. The Bertz CT molecular complexity index is 1500. The third kappa shape index (κ3) is 8.35. The number of unbranched alkanes of at least 4 members (excludes halogenated alkanes) is 2. The van der Waals surface area contributed by atoms with Gasteiger partial charge in [-0.2, -0.15) is 5.10 Å². The molecule has 1 aromatic heterocycles. The molecule has 0 radical (unpaired) electrons. The molecule has 0 atom stereocenters. The van der Waals surface area contributed by atoms with Gasteiger partial charge in [0, 0.05) is 47.9 Å². The average molecular weight is 594 g/mol. The molecule has 3 aromatic carbocycles. The molecule has 0 aliphatic carbocycles. The van der Waals surface area contributed by atoms with Crippen molar-refractivity contribution in [2.45, 2.75) is 78.3 Å². The van der Waals surface area contributed by atoms with E-state index in [0.29, 0.717) is 23.7 Å². The predicted molar refractivity (Wildman–Crippen MR) is 179 cm³/mol. The lowest BCUT2D eigenvalue weighted by molar-refractivity contribution is 0.0546. The molecule has 2 N–H and O–H groups in total. The molecule has 232 valence electrons. The number of nitrogens with zero attached hydrogens (tertiary/aromatic N) is 3. The minimum Gasteiger partial charge on any atom is -0.331 e. The van der Waals surface area contributed by atoms with E-state index in [4.69, 9.17) is 0 Å². The molecule has 0 bridgehead atoms. The number of piperidine rings is 1. The number of aromatic nitrogens is 2. The lowest BCUT2D eigenvalue weighted by Crippen LogP contribution is -2.47. The van der Waals surface area contributed by atoms with Crippen molar-refractivity contribution in [1.82, 2.24) is 20.0 Å². The summed E-state index contributed by atoms with van der Waals surface area (Å²) in [5.74, 6) is 0.610. The van der Waals surface area contributed by atoms with E-state index >= 15 is 0 Å². The lowest BCUT2D eigenvalue weighted by atomic mass is 9.99. The number of carbonyl (C=O) groups is 2. The van der Waals surface area contributed by atoms with Crippen LogP contribution >= 0.6 is 0 Å². The van der Waals surface area contributed by atoms with E-state index in [-0.39, 0.29) is 17.9 Å². The average Bonchev–Trinajstić information content (AvgIpc) is 3.51. The number of aryl methyl sites for hydroxylation is 1. The number of fused-ring (bicyclic) bond motifs is 1. The maximum atomic E-state index is 14.0. The van der Waals surface area contributed by atoms with E-state index in [1.165, 1.54) is 31.2 Å². The van der Waals surface area contributed by atoms with Gasteiger partial charge in [0.1, 0.15) is 0 Å². The monoisotopic (exact) mass is 593 g/mol. The maximum absolute atomic E-state index is 14.0. The molecule has 2 amide bonds. The SMILES string of the molecule is CCCCCc1ccc(C(=O)N(Cc2ccc(C(=O)Nc3ccc4cn[nH]c4c3)cc2)C2CCN(CCC(C)C)CC2)cc1. The van der Waals surface area contributed by atoms with E-state index in [0.717, 1.165) is 60.9 Å². The minimum atomic E-state index is -0.170. The largest absolute Gasteiger partial charge is 0.331 e. The summed E-state index contributed by atoms with van der Waals surface area (Å²) in [5, 5.41) is 11.0. The van der Waals surface area contributed by atoms with Crippen molar-refractivity contribution in [3.8, 4) is 0 Å². The van der Waals surface area contributed by atoms with Crippen molar-refractivity contribution in [2.75, 3.05) is 25.0 Å². The van der Waals surface area contributed by atoms with Crippen LogP contribution in [0.4, 0.5) is 5.69 Å². The molecule has 4 aromatic rings. The summed E-state index contributed by atoms with van der Waals surface area (Å²) in [6.45, 7) is 10.4. The number of amides is 2. The van der Waals surface area contributed by atoms with Gasteiger partial charge in [-0.1, -0.05) is 57.9 Å². The van der Waals surface area contributed by atoms with E-state index in [9.17, 15) is 9.59 Å². The van der Waals surface area contributed by atoms with Crippen LogP contribution in [-0.4, -0.2) is 57.5 Å². The third-order valence-electron chi connectivity index (χ3n) is 8.82. The molecule has 5 rings (SSSR count). The smallest absolute Gasteiger partial charge is 0.255 e. The van der Waals surface area contributed by atoms with E-state index in [1.807, 2.05) is 54.6 Å². The van der Waals surface area contributed by atoms with Crippen molar-refractivity contribution in [3.05, 3.63) is 95.2 Å². The van der Waals surface area contributed by atoms with Crippen LogP contribution in [0.15, 0.2) is 72.9 Å². The quantitative estimate of drug-likeness (QED) is 0.156. The fourth-order valence-electron chi connectivity index (χ4n) is 6.00. The van der Waals surface area contributed by atoms with Gasteiger partial charge in [-0.3, -0.25) is 14.7 Å². The van der Waals surface area contributed by atoms with Crippen molar-refractivity contribution in [3.63, 3.8) is 0 Å². The van der Waals surface area contributed by atoms with Crippen LogP contribution in [0.3, 0.4) is 0 Å². The number of likely N-dealkylation sites (tertiary alicyclic amines) is 1. The number of hydrogen-bond donors (Lipinski definition) is 2. The molecule has 0 spiro atoms. The number of benzene rings is 3. The molecule has 1 saturated heterocycles. The molecule has 1 aliphatic heterocycles. The van der Waals surface area contributed by atoms with Crippen LogP contribution in [-0.2, 0) is 13.0 Å². The molecule has 7 heteroatoms. The molecule has 1 fully saturated rings. The van der Waals surface area contributed by atoms with Gasteiger partial charge in [0.25, 0.3) is 11.8 Å². The Morgan fingerprint density at radius 3 is 2.36 bits per heavy atom. The lowest BCUT2D eigenvalue weighted by Gasteiger charge is -2.39. The zero-order chi connectivity index (χ0) is 30.9. The fourth-order valence-corrected chi connectivity index (χ4v) is 6.00. The maximum Gasteiger partial charge on any atom is 0.255 e. The number of rotatable bonds is 13. The summed E-state index contributed by atoms with van der Waals surface area (Å²) in [7, 11) is 0. The number of nitrogens with one attached hydrogen (secondary N) is 2. The number of anilines is 1. The number of H-pyrrole nitrogens is 1. The summed E-state index contributed by atoms with van der Waals surface area (Å²) in [5.41, 5.74) is 5.22. The Morgan fingerprint density at radius 2 is 1.66 bits per heavy atom. The minimum absolute atomic E-state index is 0.0850. The Kier molecular flexibility index (Phi) is 10.8. The zero-order valence-electron chi connectivity index (χ0n) is 26.5. The highest BCUT2D eigenvalue weighted by Crippen LogP contribution is 2.24. The summed E-state index contributed by atoms with van der Waals surface area (Å²) in [4.78, 5) is 31.6. The van der Waals surface area contributed by atoms with Gasteiger partial charge in [-0.25, -0.2) is 0 Å². The van der Waals surface area contributed by atoms with Crippen LogP contribution in [0.2, 0.25) is 0 Å². The van der Waals surface area contributed by atoms with Crippen LogP contribution in [0.1, 0.15) is 91.1 Å². The van der Waals surface area contributed by atoms with E-state index in [2.05, 4.69) is 58.2 Å². The third-order valence-corrected chi connectivity index (χ3v) is 8.82. The first-order valence-corrected chi connectivity index (χ1v) is 16.3. The first-order valence-electron chi connectivity index (χ1n) is 16.3. The Hall–Kier alpha value is -3.97. The van der Waals surface area contributed by atoms with E-state index < -0.39 is 0 Å². The molecule has 1 aliphatic rings. The van der Waals surface area contributed by atoms with Gasteiger partial charge in [0.15, 0.2) is 0 Å². The molecular weight excluding hydrogens is 546 g/mol. The molecule has 0 unspecified atom stereocenters. The standard InChI is InChI=1S/C37H47N5O2/c1-4-5-6-7-28-8-14-31(15-9-28)37(44)42(34-19-22-41(23-20-34)21-18-27(2)3)26-29-10-12-30(13-11-29)36(43)39-33-17-16-32-25-38-40-35(32)24-33/h8-17,24-25,27,34H,4-7,18-23,26H2,1-3H3,(H,38,40)(H,39,43). The number of aromatic amines is 1. The predicted octanol–water partition coefficient (Wildman–Crippen LogP) is 7.70. The normalized spacial score (nSPS) is 14.3. The van der Waals surface area contributed by atoms with Gasteiger partial charge < -0.3 is 15.1 Å². The second-order valence-electron chi connectivity index (χ2n) is 12.7. The second-order valence-corrected chi connectivity index (χ2v) is 12.7. The highest BCUT2D eigenvalue weighted by atomic mass is 16.2. The first-order chi connectivity index (χ1) is 21.4. The van der Waals surface area contributed by atoms with Crippen molar-refractivity contribution >= 4 is 28.4 Å². The van der Waals surface area contributed by atoms with Gasteiger partial charge in [0.2, 0.25) is 0 Å². The van der Waals surface area contributed by atoms with Crippen LogP contribution in [0, 0.1) is 5.92 Å². The number of hydrogen-bond acceptors (Lipinski definition) is 4. The van der Waals surface area contributed by atoms with Crippen LogP contribution in [0.25, 0.3) is 10.9 Å². The topological polar surface area (TPSA) is 81.3 Å². The highest BCUT2D eigenvalue weighted by molar-refractivity contribution is 6.05. The van der Waals surface area contributed by atoms with Gasteiger partial charge in [-0.15, -0.1) is 0 Å². The molecule has 2 heterocycles. The fraction of sp³-hybridized carbons (Fsp3) is 0.432. The Labute approximate surface area is 262 Å². The van der Waals surface area contributed by atoms with Crippen molar-refractivity contribution in [1.29, 1.82) is 0 Å². The summed E-state index contributed by atoms with van der Waals surface area (Å²) in [6.07, 6.45) is 9.57. The van der Waals surface area contributed by atoms with Gasteiger partial charge >= 0.3 is 0 Å². The first kappa shape index (κ1) is 31.5. The second kappa shape index (κ2) is 15.2. The van der Waals surface area contributed by atoms with Gasteiger partial charge in [-0.05, 0) is 98.2 Å². The van der Waals surface area contributed by atoms with Crippen LogP contribution < -0.4 is 5.32 Å². The summed E-state index contributed by atoms with van der Waals surface area (Å²) in [6, 6.07) is 21.8. The van der Waals surface area contributed by atoms with Crippen molar-refractivity contribution < 1.29 is 9.59 Å². The van der Waals surface area contributed by atoms with E-state index in [1.54, 1.807) is 6.20 Å². The van der Waals surface area contributed by atoms with Crippen LogP contribution in [0.5, 0.6) is 0 Å². The molecule has 0 saturated carbocycles. The summed E-state index contributed by atoms with van der Waals surface area (Å²) >= 11 is 0. The van der Waals surface area contributed by atoms with Crippen molar-refractivity contribution in [2.24, 2.45) is 5.92 Å². The zero-order valence-corrected chi connectivity index (χ0v) is 26.5. The molecule has 7 nitrogen and oxygen atoms in total. The van der Waals surface area contributed by atoms with Gasteiger partial charge in [0.05, 0.1) is 11.7 Å². The Morgan fingerprint density at radius 1 is 0.955 bits per heavy atom. The highest BCUT2D eigenvalue weighted by Gasteiger charge is 2.29.